The Kier molecular flexibility index (Phi) is 13.0. The first-order valence-electron chi connectivity index (χ1n) is 9.07. The predicted molar refractivity (Wildman–Crippen MR) is 104 cm³/mol. The van der Waals surface area contributed by atoms with Crippen LogP contribution in [0, 0.1) is 11.3 Å². The van der Waals surface area contributed by atoms with Gasteiger partial charge < -0.3 is 15.5 Å². The summed E-state index contributed by atoms with van der Waals surface area (Å²) in [6.07, 6.45) is 12.0. The van der Waals surface area contributed by atoms with Crippen molar-refractivity contribution in [3.8, 4) is 0 Å². The van der Waals surface area contributed by atoms with E-state index in [-0.39, 0.29) is 24.8 Å². The van der Waals surface area contributed by atoms with Gasteiger partial charge in [-0.1, -0.05) is 19.3 Å². The van der Waals surface area contributed by atoms with Gasteiger partial charge in [0.05, 0.1) is 0 Å². The van der Waals surface area contributed by atoms with Crippen LogP contribution in [0.15, 0.2) is 0 Å². The SMILES string of the molecule is C[C@@H](NC(=N)NCCCCN1CCCC1)C1CCCCC1.Cl.Cl. The predicted octanol–water partition coefficient (Wildman–Crippen LogP) is 3.79. The van der Waals surface area contributed by atoms with Crippen molar-refractivity contribution >= 4 is 30.8 Å². The minimum absolute atomic E-state index is 0. The normalized spacial score (nSPS) is 20.2. The van der Waals surface area contributed by atoms with Crippen molar-refractivity contribution in [1.82, 2.24) is 15.5 Å². The van der Waals surface area contributed by atoms with E-state index in [0.717, 1.165) is 12.5 Å². The summed E-state index contributed by atoms with van der Waals surface area (Å²) in [7, 11) is 0. The smallest absolute Gasteiger partial charge is 0.188 e. The second kappa shape index (κ2) is 13.1. The number of halogens is 2. The van der Waals surface area contributed by atoms with E-state index in [4.69, 9.17) is 5.41 Å². The monoisotopic (exact) mass is 366 g/mol. The van der Waals surface area contributed by atoms with E-state index in [0.29, 0.717) is 12.0 Å². The van der Waals surface area contributed by atoms with E-state index in [1.165, 1.54) is 77.4 Å². The van der Waals surface area contributed by atoms with Crippen LogP contribution in [0.1, 0.15) is 64.7 Å². The number of unbranched alkanes of at least 4 members (excludes halogenated alkanes) is 1. The van der Waals surface area contributed by atoms with E-state index in [9.17, 15) is 0 Å². The molecule has 0 amide bonds. The molecule has 1 aliphatic carbocycles. The largest absolute Gasteiger partial charge is 0.357 e. The lowest BCUT2D eigenvalue weighted by Crippen LogP contribution is -2.45. The molecule has 1 aliphatic heterocycles. The lowest BCUT2D eigenvalue weighted by Gasteiger charge is -2.29. The number of hydrogen-bond donors (Lipinski definition) is 3. The van der Waals surface area contributed by atoms with Gasteiger partial charge in [0.25, 0.3) is 0 Å². The molecule has 0 aromatic carbocycles. The summed E-state index contributed by atoms with van der Waals surface area (Å²) in [5.74, 6) is 1.28. The summed E-state index contributed by atoms with van der Waals surface area (Å²) in [4.78, 5) is 2.56. The Morgan fingerprint density at radius 1 is 1.04 bits per heavy atom. The van der Waals surface area contributed by atoms with Crippen LogP contribution in [0.25, 0.3) is 0 Å². The fraction of sp³-hybridized carbons (Fsp3) is 0.941. The fourth-order valence-electron chi connectivity index (χ4n) is 3.71. The van der Waals surface area contributed by atoms with Gasteiger partial charge in [-0.3, -0.25) is 5.41 Å². The summed E-state index contributed by atoms with van der Waals surface area (Å²) in [5.41, 5.74) is 0. The number of nitrogens with one attached hydrogen (secondary N) is 3. The molecule has 0 bridgehead atoms. The third-order valence-corrected chi connectivity index (χ3v) is 5.13. The number of nitrogens with zero attached hydrogens (tertiary/aromatic N) is 1. The molecule has 0 unspecified atom stereocenters. The first-order valence-corrected chi connectivity index (χ1v) is 9.07. The molecule has 2 fully saturated rings. The molecular weight excluding hydrogens is 331 g/mol. The molecule has 1 saturated heterocycles. The highest BCUT2D eigenvalue weighted by atomic mass is 35.5. The summed E-state index contributed by atoms with van der Waals surface area (Å²) in [6.45, 7) is 6.99. The molecule has 3 N–H and O–H groups in total. The summed E-state index contributed by atoms with van der Waals surface area (Å²) >= 11 is 0. The standard InChI is InChI=1S/C17H34N4.2ClH/c1-15(16-9-3-2-4-10-16)20-17(18)19-11-5-6-12-21-13-7-8-14-21;;/h15-16H,2-14H2,1H3,(H3,18,19,20);2*1H/t15-;;/m1../s1. The third kappa shape index (κ3) is 9.02. The van der Waals surface area contributed by atoms with Crippen LogP contribution in [-0.4, -0.2) is 43.1 Å². The molecule has 0 radical (unpaired) electrons. The van der Waals surface area contributed by atoms with Crippen molar-refractivity contribution in [2.45, 2.75) is 70.8 Å². The Morgan fingerprint density at radius 3 is 2.35 bits per heavy atom. The summed E-state index contributed by atoms with van der Waals surface area (Å²) in [6, 6.07) is 0.440. The van der Waals surface area contributed by atoms with Crippen molar-refractivity contribution in [2.75, 3.05) is 26.2 Å². The van der Waals surface area contributed by atoms with Crippen molar-refractivity contribution in [3.63, 3.8) is 0 Å². The quantitative estimate of drug-likeness (QED) is 0.365. The molecule has 2 aliphatic rings. The van der Waals surface area contributed by atoms with E-state index < -0.39 is 0 Å². The first kappa shape index (κ1) is 22.8. The van der Waals surface area contributed by atoms with E-state index >= 15 is 0 Å². The van der Waals surface area contributed by atoms with Gasteiger partial charge in [-0.05, 0) is 71.0 Å². The van der Waals surface area contributed by atoms with E-state index in [2.05, 4.69) is 22.5 Å². The fourth-order valence-corrected chi connectivity index (χ4v) is 3.71. The molecule has 4 nitrogen and oxygen atoms in total. The average molecular weight is 367 g/mol. The van der Waals surface area contributed by atoms with Crippen LogP contribution < -0.4 is 10.6 Å². The third-order valence-electron chi connectivity index (χ3n) is 5.13. The zero-order chi connectivity index (χ0) is 14.9. The van der Waals surface area contributed by atoms with Gasteiger partial charge in [0.2, 0.25) is 0 Å². The van der Waals surface area contributed by atoms with Crippen LogP contribution >= 0.6 is 24.8 Å². The summed E-state index contributed by atoms with van der Waals surface area (Å²) in [5, 5.41) is 14.6. The maximum atomic E-state index is 8.01. The first-order chi connectivity index (χ1) is 10.3. The number of likely N-dealkylation sites (tertiary alicyclic amines) is 1. The van der Waals surface area contributed by atoms with Gasteiger partial charge in [0.1, 0.15) is 0 Å². The molecular formula is C17H36Cl2N4. The van der Waals surface area contributed by atoms with Gasteiger partial charge in [0, 0.05) is 12.6 Å². The summed E-state index contributed by atoms with van der Waals surface area (Å²) < 4.78 is 0. The van der Waals surface area contributed by atoms with Crippen LogP contribution in [0.3, 0.4) is 0 Å². The van der Waals surface area contributed by atoms with Crippen molar-refractivity contribution in [1.29, 1.82) is 5.41 Å². The molecule has 138 valence electrons. The molecule has 1 atom stereocenters. The molecule has 1 heterocycles. The topological polar surface area (TPSA) is 51.2 Å². The number of hydrogen-bond acceptors (Lipinski definition) is 2. The minimum atomic E-state index is 0. The van der Waals surface area contributed by atoms with Gasteiger partial charge >= 0.3 is 0 Å². The molecule has 0 spiro atoms. The molecule has 23 heavy (non-hydrogen) atoms. The zero-order valence-corrected chi connectivity index (χ0v) is 16.2. The van der Waals surface area contributed by atoms with Gasteiger partial charge in [-0.2, -0.15) is 0 Å². The lowest BCUT2D eigenvalue weighted by atomic mass is 9.84. The molecule has 0 aromatic rings. The highest BCUT2D eigenvalue weighted by molar-refractivity contribution is 5.85. The molecule has 0 aromatic heterocycles. The molecule has 2 rings (SSSR count). The second-order valence-electron chi connectivity index (χ2n) is 6.89. The molecule has 1 saturated carbocycles. The minimum Gasteiger partial charge on any atom is -0.357 e. The maximum absolute atomic E-state index is 8.01. The zero-order valence-electron chi connectivity index (χ0n) is 14.6. The highest BCUT2D eigenvalue weighted by Crippen LogP contribution is 2.26. The van der Waals surface area contributed by atoms with Crippen LogP contribution in [0.2, 0.25) is 0 Å². The average Bonchev–Trinajstić information content (AvgIpc) is 3.01. The van der Waals surface area contributed by atoms with Gasteiger partial charge in [-0.15, -0.1) is 24.8 Å². The van der Waals surface area contributed by atoms with Gasteiger partial charge in [-0.25, -0.2) is 0 Å². The van der Waals surface area contributed by atoms with Crippen LogP contribution in [-0.2, 0) is 0 Å². The van der Waals surface area contributed by atoms with Gasteiger partial charge in [0.15, 0.2) is 5.96 Å². The van der Waals surface area contributed by atoms with Crippen molar-refractivity contribution < 1.29 is 0 Å². The van der Waals surface area contributed by atoms with Crippen molar-refractivity contribution in [2.24, 2.45) is 5.92 Å². The van der Waals surface area contributed by atoms with E-state index in [1.807, 2.05) is 0 Å². The van der Waals surface area contributed by atoms with Crippen LogP contribution in [0.5, 0.6) is 0 Å². The second-order valence-corrected chi connectivity index (χ2v) is 6.89. The lowest BCUT2D eigenvalue weighted by molar-refractivity contribution is 0.300. The Hall–Kier alpha value is -0.190. The van der Waals surface area contributed by atoms with Crippen LogP contribution in [0.4, 0.5) is 0 Å². The number of rotatable bonds is 7. The Balaban J connectivity index is 0.00000242. The highest BCUT2D eigenvalue weighted by Gasteiger charge is 2.20. The number of guanidine groups is 1. The Bertz CT molecular complexity index is 303. The molecule has 6 heteroatoms. The maximum Gasteiger partial charge on any atom is 0.188 e. The Labute approximate surface area is 154 Å². The Morgan fingerprint density at radius 2 is 1.70 bits per heavy atom. The van der Waals surface area contributed by atoms with E-state index in [1.54, 1.807) is 0 Å². The van der Waals surface area contributed by atoms with Crippen molar-refractivity contribution in [3.05, 3.63) is 0 Å².